The molecule has 0 spiro atoms. The van der Waals surface area contributed by atoms with Crippen LogP contribution in [0.1, 0.15) is 30.5 Å². The molecule has 0 heterocycles. The molecule has 1 N–H and O–H groups in total. The molecule has 35 heavy (non-hydrogen) atoms. The number of carbonyl (C=O) groups is 1. The quantitative estimate of drug-likeness (QED) is 0.428. The van der Waals surface area contributed by atoms with Crippen molar-refractivity contribution in [1.82, 2.24) is 0 Å². The Bertz CT molecular complexity index is 1270. The van der Waals surface area contributed by atoms with Crippen molar-refractivity contribution in [2.45, 2.75) is 38.5 Å². The number of methoxy groups -OCH3 is 2. The SMILES string of the molecule is CCc1cccc(CC)c1NC(=O)CN(c1ccc(OC)c(OC)c1)S(=O)(=O)c1ccc(C)cc1. The monoisotopic (exact) mass is 496 g/mol. The van der Waals surface area contributed by atoms with Gasteiger partial charge in [0.25, 0.3) is 10.0 Å². The molecule has 3 aromatic carbocycles. The van der Waals surface area contributed by atoms with E-state index >= 15 is 0 Å². The summed E-state index contributed by atoms with van der Waals surface area (Å²) in [5, 5.41) is 2.96. The number of amides is 1. The molecule has 0 radical (unpaired) electrons. The van der Waals surface area contributed by atoms with Gasteiger partial charge in [-0.2, -0.15) is 0 Å². The van der Waals surface area contributed by atoms with Crippen molar-refractivity contribution in [3.63, 3.8) is 0 Å². The summed E-state index contributed by atoms with van der Waals surface area (Å²) in [5.74, 6) is 0.378. The van der Waals surface area contributed by atoms with Gasteiger partial charge in [-0.15, -0.1) is 0 Å². The second kappa shape index (κ2) is 11.3. The predicted molar refractivity (Wildman–Crippen MR) is 139 cm³/mol. The Balaban J connectivity index is 2.04. The lowest BCUT2D eigenvalue weighted by Gasteiger charge is -2.25. The minimum Gasteiger partial charge on any atom is -0.493 e. The molecule has 1 amide bonds. The topological polar surface area (TPSA) is 84.9 Å². The zero-order chi connectivity index (χ0) is 25.6. The zero-order valence-electron chi connectivity index (χ0n) is 20.8. The van der Waals surface area contributed by atoms with Crippen molar-refractivity contribution in [2.75, 3.05) is 30.4 Å². The van der Waals surface area contributed by atoms with Crippen molar-refractivity contribution >= 4 is 27.3 Å². The number of ether oxygens (including phenoxy) is 2. The Labute approximate surface area is 207 Å². The van der Waals surface area contributed by atoms with Gasteiger partial charge in [-0.3, -0.25) is 9.10 Å². The lowest BCUT2D eigenvalue weighted by molar-refractivity contribution is -0.114. The number of hydrogen-bond donors (Lipinski definition) is 1. The summed E-state index contributed by atoms with van der Waals surface area (Å²) in [5.41, 5.74) is 3.96. The van der Waals surface area contributed by atoms with Gasteiger partial charge in [0.15, 0.2) is 11.5 Å². The standard InChI is InChI=1S/C27H32N2O5S/c1-6-20-9-8-10-21(7-2)27(20)28-26(30)18-29(22-13-16-24(33-4)25(17-22)34-5)35(31,32)23-14-11-19(3)12-15-23/h8-17H,6-7,18H2,1-5H3,(H,28,30). The highest BCUT2D eigenvalue weighted by Crippen LogP contribution is 2.34. The summed E-state index contributed by atoms with van der Waals surface area (Å²) < 4.78 is 39.2. The molecule has 0 aromatic heterocycles. The average molecular weight is 497 g/mol. The fourth-order valence-electron chi connectivity index (χ4n) is 3.85. The number of sulfonamides is 1. The fourth-order valence-corrected chi connectivity index (χ4v) is 5.26. The predicted octanol–water partition coefficient (Wildman–Crippen LogP) is 4.97. The van der Waals surface area contributed by atoms with Gasteiger partial charge in [0.1, 0.15) is 6.54 Å². The molecule has 7 nitrogen and oxygen atoms in total. The average Bonchev–Trinajstić information content (AvgIpc) is 2.87. The Morgan fingerprint density at radius 2 is 1.49 bits per heavy atom. The molecule has 0 aliphatic carbocycles. The van der Waals surface area contributed by atoms with Crippen molar-refractivity contribution in [1.29, 1.82) is 0 Å². The van der Waals surface area contributed by atoms with Crippen LogP contribution in [-0.2, 0) is 27.7 Å². The maximum absolute atomic E-state index is 13.7. The van der Waals surface area contributed by atoms with Crippen LogP contribution in [0, 0.1) is 6.92 Å². The highest BCUT2D eigenvalue weighted by Gasteiger charge is 2.28. The first-order valence-corrected chi connectivity index (χ1v) is 12.9. The third kappa shape index (κ3) is 5.77. The van der Waals surface area contributed by atoms with Crippen LogP contribution in [-0.4, -0.2) is 35.1 Å². The molecule has 0 aliphatic rings. The number of nitrogens with one attached hydrogen (secondary N) is 1. The molecule has 186 valence electrons. The number of para-hydroxylation sites is 1. The van der Waals surface area contributed by atoms with Crippen LogP contribution in [0.3, 0.4) is 0 Å². The molecule has 8 heteroatoms. The van der Waals surface area contributed by atoms with E-state index in [1.54, 1.807) is 30.3 Å². The molecule has 0 saturated heterocycles. The molecule has 3 aromatic rings. The van der Waals surface area contributed by atoms with Crippen LogP contribution in [0.15, 0.2) is 65.6 Å². The van der Waals surface area contributed by atoms with Crippen LogP contribution < -0.4 is 19.1 Å². The Morgan fingerprint density at radius 1 is 0.886 bits per heavy atom. The first-order chi connectivity index (χ1) is 16.7. The fraction of sp³-hybridized carbons (Fsp3) is 0.296. The highest BCUT2D eigenvalue weighted by molar-refractivity contribution is 7.92. The molecule has 0 atom stereocenters. The summed E-state index contributed by atoms with van der Waals surface area (Å²) in [6, 6.07) is 17.2. The van der Waals surface area contributed by atoms with E-state index in [2.05, 4.69) is 5.32 Å². The van der Waals surface area contributed by atoms with Gasteiger partial charge < -0.3 is 14.8 Å². The Kier molecular flexibility index (Phi) is 8.40. The van der Waals surface area contributed by atoms with E-state index in [9.17, 15) is 13.2 Å². The Morgan fingerprint density at radius 3 is 2.03 bits per heavy atom. The lowest BCUT2D eigenvalue weighted by Crippen LogP contribution is -2.38. The summed E-state index contributed by atoms with van der Waals surface area (Å²) in [4.78, 5) is 13.4. The van der Waals surface area contributed by atoms with Crippen LogP contribution >= 0.6 is 0 Å². The third-order valence-corrected chi connectivity index (χ3v) is 7.60. The van der Waals surface area contributed by atoms with E-state index in [4.69, 9.17) is 9.47 Å². The normalized spacial score (nSPS) is 11.1. The van der Waals surface area contributed by atoms with Gasteiger partial charge in [-0.05, 0) is 55.2 Å². The molecule has 3 rings (SSSR count). The summed E-state index contributed by atoms with van der Waals surface area (Å²) >= 11 is 0. The summed E-state index contributed by atoms with van der Waals surface area (Å²) in [7, 11) is -1.08. The van der Waals surface area contributed by atoms with E-state index in [1.165, 1.54) is 26.4 Å². The highest BCUT2D eigenvalue weighted by atomic mass is 32.2. The van der Waals surface area contributed by atoms with Gasteiger partial charge >= 0.3 is 0 Å². The summed E-state index contributed by atoms with van der Waals surface area (Å²) in [6.45, 7) is 5.50. The summed E-state index contributed by atoms with van der Waals surface area (Å²) in [6.07, 6.45) is 1.48. The number of rotatable bonds is 10. The van der Waals surface area contributed by atoms with Crippen molar-refractivity contribution in [2.24, 2.45) is 0 Å². The molecule has 0 unspecified atom stereocenters. The first kappa shape index (κ1) is 26.1. The number of hydrogen-bond acceptors (Lipinski definition) is 5. The van der Waals surface area contributed by atoms with Gasteiger partial charge in [-0.1, -0.05) is 49.7 Å². The van der Waals surface area contributed by atoms with E-state index in [-0.39, 0.29) is 10.6 Å². The van der Waals surface area contributed by atoms with Crippen LogP contribution in [0.25, 0.3) is 0 Å². The molecule has 0 bridgehead atoms. The molecular weight excluding hydrogens is 464 g/mol. The van der Waals surface area contributed by atoms with Crippen molar-refractivity contribution in [3.8, 4) is 11.5 Å². The van der Waals surface area contributed by atoms with E-state index in [1.807, 2.05) is 39.0 Å². The largest absolute Gasteiger partial charge is 0.493 e. The lowest BCUT2D eigenvalue weighted by atomic mass is 10.0. The van der Waals surface area contributed by atoms with E-state index in [0.29, 0.717) is 11.5 Å². The van der Waals surface area contributed by atoms with Gasteiger partial charge in [0.2, 0.25) is 5.91 Å². The molecular formula is C27H32N2O5S. The molecule has 0 fully saturated rings. The molecule has 0 aliphatic heterocycles. The van der Waals surface area contributed by atoms with Gasteiger partial charge in [-0.25, -0.2) is 8.42 Å². The van der Waals surface area contributed by atoms with E-state index in [0.717, 1.165) is 39.5 Å². The zero-order valence-corrected chi connectivity index (χ0v) is 21.6. The first-order valence-electron chi connectivity index (χ1n) is 11.5. The van der Waals surface area contributed by atoms with Crippen LogP contribution in [0.4, 0.5) is 11.4 Å². The second-order valence-corrected chi connectivity index (χ2v) is 9.93. The number of anilines is 2. The Hall–Kier alpha value is -3.52. The minimum atomic E-state index is -4.06. The smallest absolute Gasteiger partial charge is 0.264 e. The maximum Gasteiger partial charge on any atom is 0.264 e. The van der Waals surface area contributed by atoms with E-state index < -0.39 is 22.5 Å². The minimum absolute atomic E-state index is 0.0916. The van der Waals surface area contributed by atoms with Crippen LogP contribution in [0.2, 0.25) is 0 Å². The number of aryl methyl sites for hydroxylation is 3. The van der Waals surface area contributed by atoms with Crippen molar-refractivity contribution < 1.29 is 22.7 Å². The number of nitrogens with zero attached hydrogens (tertiary/aromatic N) is 1. The number of benzene rings is 3. The van der Waals surface area contributed by atoms with Gasteiger partial charge in [0, 0.05) is 11.8 Å². The maximum atomic E-state index is 13.7. The van der Waals surface area contributed by atoms with Gasteiger partial charge in [0.05, 0.1) is 24.8 Å². The third-order valence-electron chi connectivity index (χ3n) is 5.81. The second-order valence-electron chi connectivity index (χ2n) is 8.07. The van der Waals surface area contributed by atoms with Crippen molar-refractivity contribution in [3.05, 3.63) is 77.4 Å². The molecule has 0 saturated carbocycles. The van der Waals surface area contributed by atoms with Crippen LogP contribution in [0.5, 0.6) is 11.5 Å². The number of carbonyl (C=O) groups excluding carboxylic acids is 1.